The summed E-state index contributed by atoms with van der Waals surface area (Å²) in [7, 11) is 0. The Morgan fingerprint density at radius 2 is 2.06 bits per heavy atom. The van der Waals surface area contributed by atoms with Crippen LogP contribution in [0.25, 0.3) is 0 Å². The smallest absolute Gasteiger partial charge is 0.338 e. The molecule has 0 atom stereocenters. The number of ether oxygens (including phenoxy) is 1. The van der Waals surface area contributed by atoms with E-state index in [2.05, 4.69) is 12.2 Å². The first-order valence-corrected chi connectivity index (χ1v) is 6.79. The molecule has 3 heteroatoms. The maximum absolute atomic E-state index is 11.7. The van der Waals surface area contributed by atoms with Crippen molar-refractivity contribution in [2.24, 2.45) is 0 Å². The molecule has 0 unspecified atom stereocenters. The predicted molar refractivity (Wildman–Crippen MR) is 75.0 cm³/mol. The zero-order chi connectivity index (χ0) is 13.2. The Hall–Kier alpha value is -1.51. The second kappa shape index (κ2) is 8.56. The lowest BCUT2D eigenvalue weighted by Crippen LogP contribution is -2.07. The summed E-state index contributed by atoms with van der Waals surface area (Å²) in [6.07, 6.45) is 4.44. The minimum absolute atomic E-state index is 0.242. The Balaban J connectivity index is 2.48. The summed E-state index contributed by atoms with van der Waals surface area (Å²) in [6.45, 7) is 5.59. The minimum Gasteiger partial charge on any atom is -0.462 e. The summed E-state index contributed by atoms with van der Waals surface area (Å²) in [5.41, 5.74) is 1.60. The molecule has 0 aliphatic heterocycles. The number of esters is 1. The number of carbonyl (C=O) groups is 1. The number of hydrogen-bond donors (Lipinski definition) is 1. The summed E-state index contributed by atoms with van der Waals surface area (Å²) >= 11 is 0. The number of unbranched alkanes of at least 4 members (excludes halogenated alkanes) is 2. The van der Waals surface area contributed by atoms with Crippen LogP contribution in [0.1, 0.15) is 49.9 Å². The van der Waals surface area contributed by atoms with Gasteiger partial charge < -0.3 is 10.1 Å². The zero-order valence-electron chi connectivity index (χ0n) is 11.4. The molecule has 18 heavy (non-hydrogen) atoms. The summed E-state index contributed by atoms with van der Waals surface area (Å²) in [5.74, 6) is -0.242. The van der Waals surface area contributed by atoms with Gasteiger partial charge in [-0.15, -0.1) is 0 Å². The molecule has 1 aromatic carbocycles. The van der Waals surface area contributed by atoms with Crippen LogP contribution in [0.15, 0.2) is 24.3 Å². The first-order valence-electron chi connectivity index (χ1n) is 6.79. The SMILES string of the molecule is CCCCCNc1cccc(C(=O)OCCC)c1. The summed E-state index contributed by atoms with van der Waals surface area (Å²) in [6, 6.07) is 7.49. The third-order valence-corrected chi connectivity index (χ3v) is 2.65. The standard InChI is InChI=1S/C15H23NO2/c1-3-5-6-10-16-14-9-7-8-13(12-14)15(17)18-11-4-2/h7-9,12,16H,3-6,10-11H2,1-2H3. The second-order valence-corrected chi connectivity index (χ2v) is 4.35. The lowest BCUT2D eigenvalue weighted by atomic mass is 10.2. The normalized spacial score (nSPS) is 10.1. The van der Waals surface area contributed by atoms with Gasteiger partial charge in [-0.3, -0.25) is 0 Å². The highest BCUT2D eigenvalue weighted by molar-refractivity contribution is 5.90. The van der Waals surface area contributed by atoms with E-state index in [1.807, 2.05) is 25.1 Å². The maximum Gasteiger partial charge on any atom is 0.338 e. The van der Waals surface area contributed by atoms with E-state index in [9.17, 15) is 4.79 Å². The Kier molecular flexibility index (Phi) is 6.92. The van der Waals surface area contributed by atoms with Crippen LogP contribution >= 0.6 is 0 Å². The molecule has 0 bridgehead atoms. The van der Waals surface area contributed by atoms with E-state index in [4.69, 9.17) is 4.74 Å². The van der Waals surface area contributed by atoms with Gasteiger partial charge in [-0.1, -0.05) is 32.8 Å². The molecule has 0 aromatic heterocycles. The lowest BCUT2D eigenvalue weighted by Gasteiger charge is -2.08. The van der Waals surface area contributed by atoms with Gasteiger partial charge in [0.25, 0.3) is 0 Å². The highest BCUT2D eigenvalue weighted by Crippen LogP contribution is 2.12. The number of nitrogens with one attached hydrogen (secondary N) is 1. The van der Waals surface area contributed by atoms with Crippen molar-refractivity contribution >= 4 is 11.7 Å². The fraction of sp³-hybridized carbons (Fsp3) is 0.533. The van der Waals surface area contributed by atoms with Gasteiger partial charge in [0.15, 0.2) is 0 Å². The Bertz CT molecular complexity index is 363. The van der Waals surface area contributed by atoms with Crippen molar-refractivity contribution in [1.29, 1.82) is 0 Å². The van der Waals surface area contributed by atoms with Gasteiger partial charge in [0.1, 0.15) is 0 Å². The monoisotopic (exact) mass is 249 g/mol. The molecule has 100 valence electrons. The third-order valence-electron chi connectivity index (χ3n) is 2.65. The third kappa shape index (κ3) is 5.21. The molecule has 1 aromatic rings. The molecule has 0 saturated carbocycles. The first kappa shape index (κ1) is 14.6. The maximum atomic E-state index is 11.7. The van der Waals surface area contributed by atoms with E-state index in [1.165, 1.54) is 12.8 Å². The number of carbonyl (C=O) groups excluding carboxylic acids is 1. The minimum atomic E-state index is -0.242. The molecule has 1 N–H and O–H groups in total. The van der Waals surface area contributed by atoms with Gasteiger partial charge >= 0.3 is 5.97 Å². The number of rotatable bonds is 8. The molecule has 0 saturated heterocycles. The Labute approximate surface area is 110 Å². The van der Waals surface area contributed by atoms with E-state index in [-0.39, 0.29) is 5.97 Å². The fourth-order valence-electron chi connectivity index (χ4n) is 1.64. The Morgan fingerprint density at radius 3 is 2.78 bits per heavy atom. The number of benzene rings is 1. The van der Waals surface area contributed by atoms with Crippen LogP contribution < -0.4 is 5.32 Å². The van der Waals surface area contributed by atoms with Gasteiger partial charge in [-0.05, 0) is 31.0 Å². The predicted octanol–water partition coefficient (Wildman–Crippen LogP) is 3.86. The molecular formula is C15H23NO2. The van der Waals surface area contributed by atoms with E-state index >= 15 is 0 Å². The fourth-order valence-corrected chi connectivity index (χ4v) is 1.64. The highest BCUT2D eigenvalue weighted by atomic mass is 16.5. The van der Waals surface area contributed by atoms with Crippen LogP contribution in [0.3, 0.4) is 0 Å². The largest absolute Gasteiger partial charge is 0.462 e. The van der Waals surface area contributed by atoms with Crippen LogP contribution in [-0.2, 0) is 4.74 Å². The molecule has 0 amide bonds. The van der Waals surface area contributed by atoms with Gasteiger partial charge in [0.05, 0.1) is 12.2 Å². The van der Waals surface area contributed by atoms with Crippen LogP contribution in [0.4, 0.5) is 5.69 Å². The van der Waals surface area contributed by atoms with Crippen LogP contribution in [0.2, 0.25) is 0 Å². The van der Waals surface area contributed by atoms with Crippen molar-refractivity contribution in [2.75, 3.05) is 18.5 Å². The lowest BCUT2D eigenvalue weighted by molar-refractivity contribution is 0.0505. The van der Waals surface area contributed by atoms with Crippen LogP contribution in [0, 0.1) is 0 Å². The van der Waals surface area contributed by atoms with Crippen molar-refractivity contribution in [2.45, 2.75) is 39.5 Å². The summed E-state index contributed by atoms with van der Waals surface area (Å²) < 4.78 is 5.11. The van der Waals surface area contributed by atoms with Gasteiger partial charge in [0.2, 0.25) is 0 Å². The second-order valence-electron chi connectivity index (χ2n) is 4.35. The molecule has 1 rings (SSSR count). The molecule has 0 aliphatic rings. The number of anilines is 1. The summed E-state index contributed by atoms with van der Waals surface area (Å²) in [5, 5.41) is 3.32. The van der Waals surface area contributed by atoms with Gasteiger partial charge in [-0.25, -0.2) is 4.79 Å². The topological polar surface area (TPSA) is 38.3 Å². The van der Waals surface area contributed by atoms with Crippen molar-refractivity contribution in [3.05, 3.63) is 29.8 Å². The molecular weight excluding hydrogens is 226 g/mol. The van der Waals surface area contributed by atoms with Crippen molar-refractivity contribution in [1.82, 2.24) is 0 Å². The van der Waals surface area contributed by atoms with E-state index in [0.29, 0.717) is 12.2 Å². The quantitative estimate of drug-likeness (QED) is 0.561. The van der Waals surface area contributed by atoms with E-state index in [0.717, 1.165) is 25.1 Å². The molecule has 0 aliphatic carbocycles. The van der Waals surface area contributed by atoms with E-state index in [1.54, 1.807) is 6.07 Å². The van der Waals surface area contributed by atoms with E-state index < -0.39 is 0 Å². The molecule has 0 heterocycles. The highest BCUT2D eigenvalue weighted by Gasteiger charge is 2.06. The van der Waals surface area contributed by atoms with Crippen LogP contribution in [0.5, 0.6) is 0 Å². The molecule has 3 nitrogen and oxygen atoms in total. The van der Waals surface area contributed by atoms with Gasteiger partial charge in [0, 0.05) is 12.2 Å². The average Bonchev–Trinajstić information content (AvgIpc) is 2.41. The first-order chi connectivity index (χ1) is 8.77. The Morgan fingerprint density at radius 1 is 1.22 bits per heavy atom. The molecule has 0 radical (unpaired) electrons. The van der Waals surface area contributed by atoms with Crippen molar-refractivity contribution in [3.63, 3.8) is 0 Å². The number of hydrogen-bond acceptors (Lipinski definition) is 3. The zero-order valence-corrected chi connectivity index (χ0v) is 11.4. The summed E-state index contributed by atoms with van der Waals surface area (Å²) in [4.78, 5) is 11.7. The molecule has 0 fully saturated rings. The average molecular weight is 249 g/mol. The van der Waals surface area contributed by atoms with Gasteiger partial charge in [-0.2, -0.15) is 0 Å². The van der Waals surface area contributed by atoms with Crippen LogP contribution in [-0.4, -0.2) is 19.1 Å². The molecule has 0 spiro atoms. The van der Waals surface area contributed by atoms with Crippen molar-refractivity contribution in [3.8, 4) is 0 Å². The van der Waals surface area contributed by atoms with Crippen molar-refractivity contribution < 1.29 is 9.53 Å².